The molecule has 1 amide bonds. The quantitative estimate of drug-likeness (QED) is 0.878. The number of nitrogens with one attached hydrogen (secondary N) is 1. The summed E-state index contributed by atoms with van der Waals surface area (Å²) in [5, 5.41) is 3.01. The van der Waals surface area contributed by atoms with E-state index in [9.17, 15) is 18.0 Å². The lowest BCUT2D eigenvalue weighted by atomic mass is 10.1. The lowest BCUT2D eigenvalue weighted by Crippen LogP contribution is -2.17. The summed E-state index contributed by atoms with van der Waals surface area (Å²) in [6.45, 7) is 0. The molecule has 2 aromatic rings. The predicted octanol–water partition coefficient (Wildman–Crippen LogP) is 4.68. The van der Waals surface area contributed by atoms with Crippen LogP contribution in [-0.2, 0) is 6.18 Å². The molecule has 0 unspecified atom stereocenters. The van der Waals surface area contributed by atoms with E-state index >= 15 is 0 Å². The third-order valence-electron chi connectivity index (χ3n) is 3.14. The fraction of sp³-hybridized carbons (Fsp3) is 0.188. The van der Waals surface area contributed by atoms with Crippen LogP contribution in [0, 0.1) is 0 Å². The first-order valence-electron chi connectivity index (χ1n) is 6.64. The number of anilines is 2. The number of hydrogen-bond acceptors (Lipinski definition) is 2. The van der Waals surface area contributed by atoms with Crippen molar-refractivity contribution in [2.45, 2.75) is 6.18 Å². The fourth-order valence-electron chi connectivity index (χ4n) is 2.03. The molecule has 0 aliphatic rings. The number of halogens is 4. The number of hydrogen-bond donors (Lipinski definition) is 1. The van der Waals surface area contributed by atoms with Crippen LogP contribution in [0.3, 0.4) is 0 Å². The van der Waals surface area contributed by atoms with Gasteiger partial charge in [-0.3, -0.25) is 4.79 Å². The van der Waals surface area contributed by atoms with Gasteiger partial charge in [-0.15, -0.1) is 0 Å². The smallest absolute Gasteiger partial charge is 0.376 e. The van der Waals surface area contributed by atoms with Gasteiger partial charge in [0.15, 0.2) is 0 Å². The number of alkyl halides is 3. The Kier molecular flexibility index (Phi) is 4.85. The topological polar surface area (TPSA) is 32.3 Å². The highest BCUT2D eigenvalue weighted by atomic mass is 35.5. The van der Waals surface area contributed by atoms with Gasteiger partial charge >= 0.3 is 6.18 Å². The van der Waals surface area contributed by atoms with E-state index in [0.717, 1.165) is 12.1 Å². The highest BCUT2D eigenvalue weighted by Gasteiger charge is 2.30. The molecule has 0 bridgehead atoms. The minimum atomic E-state index is -4.50. The Labute approximate surface area is 136 Å². The predicted molar refractivity (Wildman–Crippen MR) is 85.2 cm³/mol. The maximum atomic E-state index is 12.7. The number of carbonyl (C=O) groups excluding carboxylic acids is 1. The summed E-state index contributed by atoms with van der Waals surface area (Å²) in [5.41, 5.74) is 0.160. The minimum Gasteiger partial charge on any atom is -0.376 e. The van der Waals surface area contributed by atoms with E-state index in [2.05, 4.69) is 5.32 Å². The second-order valence-electron chi connectivity index (χ2n) is 5.09. The van der Waals surface area contributed by atoms with Crippen LogP contribution >= 0.6 is 11.6 Å². The molecule has 3 nitrogen and oxygen atoms in total. The van der Waals surface area contributed by atoms with E-state index in [0.29, 0.717) is 16.4 Å². The van der Waals surface area contributed by atoms with E-state index in [-0.39, 0.29) is 5.56 Å². The Balaban J connectivity index is 2.32. The van der Waals surface area contributed by atoms with Gasteiger partial charge in [-0.2, -0.15) is 13.2 Å². The maximum absolute atomic E-state index is 12.7. The third kappa shape index (κ3) is 4.16. The Morgan fingerprint density at radius 2 is 1.83 bits per heavy atom. The third-order valence-corrected chi connectivity index (χ3v) is 3.38. The number of rotatable bonds is 3. The lowest BCUT2D eigenvalue weighted by Gasteiger charge is -2.18. The van der Waals surface area contributed by atoms with Crippen molar-refractivity contribution in [1.29, 1.82) is 0 Å². The molecule has 0 atom stereocenters. The second-order valence-corrected chi connectivity index (χ2v) is 5.53. The fourth-order valence-corrected chi connectivity index (χ4v) is 2.20. The summed E-state index contributed by atoms with van der Waals surface area (Å²) < 4.78 is 38.2. The number of benzene rings is 2. The first kappa shape index (κ1) is 17.1. The van der Waals surface area contributed by atoms with E-state index in [1.165, 1.54) is 12.1 Å². The van der Waals surface area contributed by atoms with Crippen LogP contribution in [0.25, 0.3) is 0 Å². The zero-order chi connectivity index (χ0) is 17.2. The first-order chi connectivity index (χ1) is 10.7. The standard InChI is InChI=1S/C16H14ClF3N2O/c1-22(2)14-7-6-12(17)9-13(14)21-15(23)10-4-3-5-11(8-10)16(18,19)20/h3-9H,1-2H3,(H,21,23). The molecule has 0 spiro atoms. The van der Waals surface area contributed by atoms with Gasteiger partial charge in [0.05, 0.1) is 16.9 Å². The molecule has 0 aliphatic carbocycles. The SMILES string of the molecule is CN(C)c1ccc(Cl)cc1NC(=O)c1cccc(C(F)(F)F)c1. The lowest BCUT2D eigenvalue weighted by molar-refractivity contribution is -0.137. The second kappa shape index (κ2) is 6.50. The molecule has 0 aromatic heterocycles. The number of carbonyl (C=O) groups is 1. The van der Waals surface area contributed by atoms with Gasteiger partial charge in [-0.05, 0) is 36.4 Å². The molecule has 0 aliphatic heterocycles. The molecule has 23 heavy (non-hydrogen) atoms. The first-order valence-corrected chi connectivity index (χ1v) is 7.02. The van der Waals surface area contributed by atoms with E-state index < -0.39 is 17.6 Å². The van der Waals surface area contributed by atoms with Crippen LogP contribution < -0.4 is 10.2 Å². The minimum absolute atomic E-state index is 0.0792. The van der Waals surface area contributed by atoms with Crippen LogP contribution in [-0.4, -0.2) is 20.0 Å². The van der Waals surface area contributed by atoms with Crippen LogP contribution in [0.1, 0.15) is 15.9 Å². The van der Waals surface area contributed by atoms with Crippen LogP contribution in [0.4, 0.5) is 24.5 Å². The number of amides is 1. The Bertz CT molecular complexity index is 730. The van der Waals surface area contributed by atoms with Gasteiger partial charge in [0.1, 0.15) is 0 Å². The van der Waals surface area contributed by atoms with Crippen molar-refractivity contribution < 1.29 is 18.0 Å². The summed E-state index contributed by atoms with van der Waals surface area (Å²) >= 11 is 5.92. The van der Waals surface area contributed by atoms with Gasteiger partial charge in [-0.25, -0.2) is 0 Å². The van der Waals surface area contributed by atoms with E-state index in [1.807, 2.05) is 0 Å². The molecule has 7 heteroatoms. The summed E-state index contributed by atoms with van der Waals surface area (Å²) in [5.74, 6) is -0.638. The highest BCUT2D eigenvalue weighted by Crippen LogP contribution is 2.31. The molecule has 1 N–H and O–H groups in total. The summed E-state index contributed by atoms with van der Waals surface area (Å²) in [4.78, 5) is 14.0. The highest BCUT2D eigenvalue weighted by molar-refractivity contribution is 6.31. The normalized spacial score (nSPS) is 11.2. The monoisotopic (exact) mass is 342 g/mol. The molecule has 0 fully saturated rings. The molecule has 0 saturated carbocycles. The van der Waals surface area contributed by atoms with Crippen molar-refractivity contribution in [3.63, 3.8) is 0 Å². The summed E-state index contributed by atoms with van der Waals surface area (Å²) in [6, 6.07) is 9.17. The maximum Gasteiger partial charge on any atom is 0.416 e. The van der Waals surface area contributed by atoms with Crippen molar-refractivity contribution in [3.05, 3.63) is 58.6 Å². The summed E-state index contributed by atoms with van der Waals surface area (Å²) in [6.07, 6.45) is -4.50. The Hall–Kier alpha value is -2.21. The van der Waals surface area contributed by atoms with Crippen molar-refractivity contribution in [2.24, 2.45) is 0 Å². The molecule has 0 radical (unpaired) electrons. The Morgan fingerprint density at radius 3 is 2.43 bits per heavy atom. The number of nitrogens with zero attached hydrogens (tertiary/aromatic N) is 1. The average Bonchev–Trinajstić information content (AvgIpc) is 2.46. The van der Waals surface area contributed by atoms with Crippen molar-refractivity contribution in [3.8, 4) is 0 Å². The van der Waals surface area contributed by atoms with Crippen molar-refractivity contribution in [1.82, 2.24) is 0 Å². The molecular formula is C16H14ClF3N2O. The summed E-state index contributed by atoms with van der Waals surface area (Å²) in [7, 11) is 3.56. The van der Waals surface area contributed by atoms with Crippen molar-refractivity contribution >= 4 is 28.9 Å². The molecular weight excluding hydrogens is 329 g/mol. The van der Waals surface area contributed by atoms with Crippen LogP contribution in [0.2, 0.25) is 5.02 Å². The van der Waals surface area contributed by atoms with Crippen LogP contribution in [0.5, 0.6) is 0 Å². The van der Waals surface area contributed by atoms with Gasteiger partial charge in [0.25, 0.3) is 5.91 Å². The molecule has 2 aromatic carbocycles. The van der Waals surface area contributed by atoms with E-state index in [1.54, 1.807) is 37.2 Å². The van der Waals surface area contributed by atoms with Gasteiger partial charge < -0.3 is 10.2 Å². The molecule has 0 saturated heterocycles. The van der Waals surface area contributed by atoms with Gasteiger partial charge in [0.2, 0.25) is 0 Å². The largest absolute Gasteiger partial charge is 0.416 e. The van der Waals surface area contributed by atoms with Crippen molar-refractivity contribution in [2.75, 3.05) is 24.3 Å². The van der Waals surface area contributed by atoms with E-state index in [4.69, 9.17) is 11.6 Å². The molecule has 122 valence electrons. The Morgan fingerprint density at radius 1 is 1.13 bits per heavy atom. The average molecular weight is 343 g/mol. The molecule has 2 rings (SSSR count). The molecule has 0 heterocycles. The zero-order valence-electron chi connectivity index (χ0n) is 12.4. The van der Waals surface area contributed by atoms with Crippen LogP contribution in [0.15, 0.2) is 42.5 Å². The zero-order valence-corrected chi connectivity index (χ0v) is 13.2. The van der Waals surface area contributed by atoms with Gasteiger partial charge in [-0.1, -0.05) is 17.7 Å². The van der Waals surface area contributed by atoms with Gasteiger partial charge in [0, 0.05) is 24.7 Å².